The summed E-state index contributed by atoms with van der Waals surface area (Å²) in [5.41, 5.74) is 1.86. The molecule has 0 saturated carbocycles. The SMILES string of the molecule is CN=C(NCCNC(=O)c1ccccc1)NCCOc1ccc(C)cc1.I. The van der Waals surface area contributed by atoms with Crippen LogP contribution < -0.4 is 20.7 Å². The van der Waals surface area contributed by atoms with Gasteiger partial charge in [0.2, 0.25) is 0 Å². The van der Waals surface area contributed by atoms with E-state index in [4.69, 9.17) is 4.74 Å². The normalized spacial score (nSPS) is 10.5. The Labute approximate surface area is 177 Å². The number of guanidine groups is 1. The van der Waals surface area contributed by atoms with E-state index in [2.05, 4.69) is 20.9 Å². The first-order valence-corrected chi connectivity index (χ1v) is 8.66. The number of aliphatic imine (C=N–C) groups is 1. The second-order valence-corrected chi connectivity index (χ2v) is 5.71. The van der Waals surface area contributed by atoms with Gasteiger partial charge in [-0.1, -0.05) is 35.9 Å². The van der Waals surface area contributed by atoms with Crippen LogP contribution in [-0.4, -0.2) is 45.2 Å². The zero-order valence-corrected chi connectivity index (χ0v) is 18.0. The van der Waals surface area contributed by atoms with E-state index in [1.165, 1.54) is 5.56 Å². The molecule has 0 aliphatic carbocycles. The molecule has 2 aromatic carbocycles. The van der Waals surface area contributed by atoms with Crippen molar-refractivity contribution in [1.82, 2.24) is 16.0 Å². The Morgan fingerprint density at radius 1 is 0.926 bits per heavy atom. The summed E-state index contributed by atoms with van der Waals surface area (Å²) in [6.45, 7) is 4.30. The molecule has 0 saturated heterocycles. The molecule has 0 radical (unpaired) electrons. The average Bonchev–Trinajstić information content (AvgIpc) is 2.68. The Morgan fingerprint density at radius 2 is 1.56 bits per heavy atom. The van der Waals surface area contributed by atoms with Crippen molar-refractivity contribution >= 4 is 35.8 Å². The maximum atomic E-state index is 11.9. The average molecular weight is 482 g/mol. The smallest absolute Gasteiger partial charge is 0.251 e. The Kier molecular flexibility index (Phi) is 10.9. The maximum absolute atomic E-state index is 11.9. The van der Waals surface area contributed by atoms with Gasteiger partial charge in [-0.05, 0) is 31.2 Å². The van der Waals surface area contributed by atoms with Crippen molar-refractivity contribution in [3.8, 4) is 5.75 Å². The van der Waals surface area contributed by atoms with Crippen LogP contribution in [0.3, 0.4) is 0 Å². The van der Waals surface area contributed by atoms with E-state index in [0.29, 0.717) is 37.8 Å². The van der Waals surface area contributed by atoms with Crippen molar-refractivity contribution in [3.05, 3.63) is 65.7 Å². The number of ether oxygens (including phenoxy) is 1. The third kappa shape index (κ3) is 8.76. The molecule has 1 amide bonds. The number of halogens is 1. The van der Waals surface area contributed by atoms with Crippen LogP contribution in [0, 0.1) is 6.92 Å². The Hall–Kier alpha value is -2.29. The number of aryl methyl sites for hydroxylation is 1. The van der Waals surface area contributed by atoms with Crippen LogP contribution in [0.25, 0.3) is 0 Å². The van der Waals surface area contributed by atoms with Gasteiger partial charge in [0.05, 0.1) is 6.54 Å². The number of carbonyl (C=O) groups is 1. The number of nitrogens with zero attached hydrogens (tertiary/aromatic N) is 1. The molecule has 2 aromatic rings. The van der Waals surface area contributed by atoms with Crippen LogP contribution in [0.5, 0.6) is 5.75 Å². The number of hydrogen-bond donors (Lipinski definition) is 3. The van der Waals surface area contributed by atoms with E-state index in [0.717, 1.165) is 5.75 Å². The van der Waals surface area contributed by atoms with Crippen molar-refractivity contribution in [2.75, 3.05) is 33.3 Å². The zero-order valence-electron chi connectivity index (χ0n) is 15.7. The largest absolute Gasteiger partial charge is 0.492 e. The second-order valence-electron chi connectivity index (χ2n) is 5.71. The molecule has 0 fully saturated rings. The third-order valence-electron chi connectivity index (χ3n) is 3.65. The third-order valence-corrected chi connectivity index (χ3v) is 3.65. The lowest BCUT2D eigenvalue weighted by molar-refractivity contribution is 0.0954. The quantitative estimate of drug-likeness (QED) is 0.234. The van der Waals surface area contributed by atoms with Crippen LogP contribution in [0.15, 0.2) is 59.6 Å². The molecule has 0 heterocycles. The molecule has 146 valence electrons. The topological polar surface area (TPSA) is 74.8 Å². The lowest BCUT2D eigenvalue weighted by atomic mass is 10.2. The molecule has 0 bridgehead atoms. The van der Waals surface area contributed by atoms with Gasteiger partial charge in [0.1, 0.15) is 12.4 Å². The highest BCUT2D eigenvalue weighted by Crippen LogP contribution is 2.10. The van der Waals surface area contributed by atoms with E-state index in [1.807, 2.05) is 49.4 Å². The van der Waals surface area contributed by atoms with Crippen LogP contribution in [0.4, 0.5) is 0 Å². The lowest BCUT2D eigenvalue weighted by Gasteiger charge is -2.13. The molecule has 27 heavy (non-hydrogen) atoms. The summed E-state index contributed by atoms with van der Waals surface area (Å²) in [4.78, 5) is 16.1. The van der Waals surface area contributed by atoms with Gasteiger partial charge in [0, 0.05) is 25.7 Å². The van der Waals surface area contributed by atoms with E-state index in [1.54, 1.807) is 19.2 Å². The highest BCUT2D eigenvalue weighted by Gasteiger charge is 2.03. The molecule has 2 rings (SSSR count). The Balaban J connectivity index is 0.00000364. The monoisotopic (exact) mass is 482 g/mol. The molecule has 0 aromatic heterocycles. The minimum atomic E-state index is -0.0816. The minimum absolute atomic E-state index is 0. The van der Waals surface area contributed by atoms with Crippen molar-refractivity contribution in [2.45, 2.75) is 6.92 Å². The van der Waals surface area contributed by atoms with E-state index < -0.39 is 0 Å². The Bertz CT molecular complexity index is 706. The molecule has 0 atom stereocenters. The van der Waals surface area contributed by atoms with E-state index >= 15 is 0 Å². The number of amides is 1. The van der Waals surface area contributed by atoms with Gasteiger partial charge < -0.3 is 20.7 Å². The van der Waals surface area contributed by atoms with Crippen LogP contribution in [-0.2, 0) is 0 Å². The Morgan fingerprint density at radius 3 is 2.22 bits per heavy atom. The predicted octanol–water partition coefficient (Wildman–Crippen LogP) is 2.59. The maximum Gasteiger partial charge on any atom is 0.251 e. The van der Waals surface area contributed by atoms with Crippen molar-refractivity contribution in [2.24, 2.45) is 4.99 Å². The standard InChI is InChI=1S/C20H26N4O2.HI/c1-16-8-10-18(11-9-16)26-15-14-24-20(21-2)23-13-12-22-19(25)17-6-4-3-5-7-17;/h3-11H,12-15H2,1-2H3,(H,22,25)(H2,21,23,24);1H. The molecule has 0 spiro atoms. The number of nitrogens with one attached hydrogen (secondary N) is 3. The van der Waals surface area contributed by atoms with Gasteiger partial charge >= 0.3 is 0 Å². The number of rotatable bonds is 8. The van der Waals surface area contributed by atoms with Gasteiger partial charge in [0.15, 0.2) is 5.96 Å². The zero-order chi connectivity index (χ0) is 18.6. The van der Waals surface area contributed by atoms with Crippen LogP contribution >= 0.6 is 24.0 Å². The molecular formula is C20H27IN4O2. The van der Waals surface area contributed by atoms with Crippen molar-refractivity contribution < 1.29 is 9.53 Å². The first kappa shape index (κ1) is 22.8. The molecule has 0 aliphatic rings. The van der Waals surface area contributed by atoms with E-state index in [9.17, 15) is 4.79 Å². The summed E-state index contributed by atoms with van der Waals surface area (Å²) in [7, 11) is 1.71. The van der Waals surface area contributed by atoms with Gasteiger partial charge in [-0.2, -0.15) is 0 Å². The fourth-order valence-corrected chi connectivity index (χ4v) is 2.24. The fourth-order valence-electron chi connectivity index (χ4n) is 2.24. The van der Waals surface area contributed by atoms with E-state index in [-0.39, 0.29) is 29.9 Å². The minimum Gasteiger partial charge on any atom is -0.492 e. The van der Waals surface area contributed by atoms with Gasteiger partial charge in [-0.15, -0.1) is 24.0 Å². The first-order valence-electron chi connectivity index (χ1n) is 8.66. The summed E-state index contributed by atoms with van der Waals surface area (Å²) in [6, 6.07) is 17.1. The molecule has 6 nitrogen and oxygen atoms in total. The van der Waals surface area contributed by atoms with Crippen LogP contribution in [0.2, 0.25) is 0 Å². The van der Waals surface area contributed by atoms with Crippen molar-refractivity contribution in [3.63, 3.8) is 0 Å². The molecule has 0 unspecified atom stereocenters. The summed E-state index contributed by atoms with van der Waals surface area (Å²) in [5, 5.41) is 9.19. The number of carbonyl (C=O) groups excluding carboxylic acids is 1. The second kappa shape index (κ2) is 13.0. The van der Waals surface area contributed by atoms with Gasteiger partial charge in [-0.3, -0.25) is 9.79 Å². The number of benzene rings is 2. The highest BCUT2D eigenvalue weighted by atomic mass is 127. The fraction of sp³-hybridized carbons (Fsp3) is 0.300. The van der Waals surface area contributed by atoms with Crippen molar-refractivity contribution in [1.29, 1.82) is 0 Å². The first-order chi connectivity index (χ1) is 12.7. The van der Waals surface area contributed by atoms with Crippen LogP contribution in [0.1, 0.15) is 15.9 Å². The molecule has 7 heteroatoms. The molecular weight excluding hydrogens is 455 g/mol. The van der Waals surface area contributed by atoms with Gasteiger partial charge in [0.25, 0.3) is 5.91 Å². The predicted molar refractivity (Wildman–Crippen MR) is 120 cm³/mol. The van der Waals surface area contributed by atoms with Gasteiger partial charge in [-0.25, -0.2) is 0 Å². The summed E-state index contributed by atoms with van der Waals surface area (Å²) >= 11 is 0. The molecule has 3 N–H and O–H groups in total. The highest BCUT2D eigenvalue weighted by molar-refractivity contribution is 14.0. The molecule has 0 aliphatic heterocycles. The summed E-state index contributed by atoms with van der Waals surface area (Å²) in [5.74, 6) is 1.44. The lowest BCUT2D eigenvalue weighted by Crippen LogP contribution is -2.42. The summed E-state index contributed by atoms with van der Waals surface area (Å²) < 4.78 is 5.66. The summed E-state index contributed by atoms with van der Waals surface area (Å²) in [6.07, 6.45) is 0. The number of hydrogen-bond acceptors (Lipinski definition) is 3.